The number of hydrogen-bond acceptors (Lipinski definition) is 5. The van der Waals surface area contributed by atoms with Crippen LogP contribution in [-0.4, -0.2) is 16.2 Å². The van der Waals surface area contributed by atoms with E-state index in [1.54, 1.807) is 18.2 Å². The van der Waals surface area contributed by atoms with Gasteiger partial charge in [0.25, 0.3) is 5.89 Å². The molecule has 6 heteroatoms. The van der Waals surface area contributed by atoms with E-state index in [0.717, 1.165) is 17.7 Å². The molecule has 0 radical (unpaired) electrons. The Hall–Kier alpha value is -3.15. The number of furan rings is 1. The number of aromatic nitrogens is 2. The number of halogens is 1. The summed E-state index contributed by atoms with van der Waals surface area (Å²) in [5.41, 5.74) is 0.965. The first-order chi connectivity index (χ1) is 12.6. The van der Waals surface area contributed by atoms with Crippen molar-refractivity contribution >= 4 is 11.0 Å². The van der Waals surface area contributed by atoms with Gasteiger partial charge in [-0.25, -0.2) is 4.39 Å². The molecule has 26 heavy (non-hydrogen) atoms. The molecule has 1 unspecified atom stereocenters. The second-order valence-corrected chi connectivity index (χ2v) is 6.05. The fourth-order valence-corrected chi connectivity index (χ4v) is 2.57. The zero-order valence-electron chi connectivity index (χ0n) is 14.4. The molecule has 0 bridgehead atoms. The second-order valence-electron chi connectivity index (χ2n) is 6.05. The van der Waals surface area contributed by atoms with Crippen molar-refractivity contribution < 1.29 is 18.1 Å². The highest BCUT2D eigenvalue weighted by Crippen LogP contribution is 2.30. The normalized spacial score (nSPS) is 12.4. The fraction of sp³-hybridized carbons (Fsp3) is 0.200. The van der Waals surface area contributed by atoms with Crippen molar-refractivity contribution in [3.8, 4) is 28.8 Å². The molecule has 4 rings (SSSR count). The Kier molecular flexibility index (Phi) is 4.16. The molecule has 0 amide bonds. The molecule has 0 N–H and O–H groups in total. The third kappa shape index (κ3) is 3.06. The molecule has 0 saturated heterocycles. The maximum atomic E-state index is 13.8. The minimum atomic E-state index is -0.426. The van der Waals surface area contributed by atoms with Gasteiger partial charge in [0.2, 0.25) is 5.82 Å². The van der Waals surface area contributed by atoms with Gasteiger partial charge in [-0.3, -0.25) is 0 Å². The summed E-state index contributed by atoms with van der Waals surface area (Å²) in [6.07, 6.45) is 1.10. The highest BCUT2D eigenvalue weighted by atomic mass is 19.1. The van der Waals surface area contributed by atoms with Gasteiger partial charge in [0.05, 0.1) is 6.10 Å². The minimum absolute atomic E-state index is 0.158. The molecule has 0 aliphatic rings. The first kappa shape index (κ1) is 16.3. The first-order valence-corrected chi connectivity index (χ1v) is 8.43. The lowest BCUT2D eigenvalue weighted by molar-refractivity contribution is 0.217. The number of fused-ring (bicyclic) bond motifs is 1. The molecule has 0 aliphatic carbocycles. The Balaban J connectivity index is 1.60. The molecule has 0 aliphatic heterocycles. The zero-order valence-corrected chi connectivity index (χ0v) is 14.4. The standard InChI is InChI=1S/C20H17FN2O3/c1-3-12(2)24-15-9-7-13(8-10-15)19-22-20(26-23-19)17-11-14-5-4-6-16(21)18(14)25-17/h4-12H,3H2,1-2H3. The number of nitrogens with zero attached hydrogens (tertiary/aromatic N) is 2. The molecule has 0 fully saturated rings. The van der Waals surface area contributed by atoms with E-state index in [0.29, 0.717) is 17.0 Å². The van der Waals surface area contributed by atoms with E-state index in [1.165, 1.54) is 6.07 Å². The zero-order chi connectivity index (χ0) is 18.1. The summed E-state index contributed by atoms with van der Waals surface area (Å²) in [5.74, 6) is 1.33. The van der Waals surface area contributed by atoms with Gasteiger partial charge in [-0.15, -0.1) is 0 Å². The van der Waals surface area contributed by atoms with Crippen molar-refractivity contribution in [3.05, 3.63) is 54.3 Å². The summed E-state index contributed by atoms with van der Waals surface area (Å²) in [6.45, 7) is 4.10. The van der Waals surface area contributed by atoms with Gasteiger partial charge in [0.1, 0.15) is 5.75 Å². The molecule has 2 aromatic heterocycles. The summed E-state index contributed by atoms with van der Waals surface area (Å²) >= 11 is 0. The molecule has 2 heterocycles. The topological polar surface area (TPSA) is 61.3 Å². The number of ether oxygens (including phenoxy) is 1. The van der Waals surface area contributed by atoms with Crippen molar-refractivity contribution in [2.24, 2.45) is 0 Å². The summed E-state index contributed by atoms with van der Waals surface area (Å²) in [7, 11) is 0. The number of rotatable bonds is 5. The summed E-state index contributed by atoms with van der Waals surface area (Å²) in [5, 5.41) is 4.63. The van der Waals surface area contributed by atoms with Crippen molar-refractivity contribution in [2.45, 2.75) is 26.4 Å². The Bertz CT molecular complexity index is 1040. The molecule has 5 nitrogen and oxygen atoms in total. The third-order valence-electron chi connectivity index (χ3n) is 4.16. The van der Waals surface area contributed by atoms with Crippen LogP contribution in [0.4, 0.5) is 4.39 Å². The van der Waals surface area contributed by atoms with Crippen molar-refractivity contribution in [2.75, 3.05) is 0 Å². The largest absolute Gasteiger partial charge is 0.491 e. The monoisotopic (exact) mass is 352 g/mol. The van der Waals surface area contributed by atoms with Crippen LogP contribution < -0.4 is 4.74 Å². The van der Waals surface area contributed by atoms with Crippen molar-refractivity contribution in [1.82, 2.24) is 10.1 Å². The van der Waals surface area contributed by atoms with Gasteiger partial charge in [-0.2, -0.15) is 4.98 Å². The van der Waals surface area contributed by atoms with Crippen LogP contribution in [0.3, 0.4) is 0 Å². The predicted molar refractivity (Wildman–Crippen MR) is 95.3 cm³/mol. The summed E-state index contributed by atoms with van der Waals surface area (Å²) in [6, 6.07) is 13.9. The molecule has 2 aromatic carbocycles. The average molecular weight is 352 g/mol. The van der Waals surface area contributed by atoms with Gasteiger partial charge in [0.15, 0.2) is 17.2 Å². The van der Waals surface area contributed by atoms with Crippen molar-refractivity contribution in [3.63, 3.8) is 0 Å². The Morgan fingerprint density at radius 1 is 1.15 bits per heavy atom. The Labute approximate surface area is 149 Å². The molecule has 0 saturated carbocycles. The molecule has 1 atom stereocenters. The van der Waals surface area contributed by atoms with Crippen LogP contribution in [0, 0.1) is 5.82 Å². The maximum Gasteiger partial charge on any atom is 0.293 e. The molecular weight excluding hydrogens is 335 g/mol. The molecule has 132 valence electrons. The lowest BCUT2D eigenvalue weighted by Crippen LogP contribution is -2.09. The fourth-order valence-electron chi connectivity index (χ4n) is 2.57. The average Bonchev–Trinajstić information content (AvgIpc) is 3.30. The Morgan fingerprint density at radius 3 is 2.69 bits per heavy atom. The van der Waals surface area contributed by atoms with Crippen LogP contribution in [0.5, 0.6) is 5.75 Å². The molecule has 0 spiro atoms. The van der Waals surface area contributed by atoms with E-state index in [-0.39, 0.29) is 17.6 Å². The van der Waals surface area contributed by atoms with E-state index >= 15 is 0 Å². The van der Waals surface area contributed by atoms with Crippen LogP contribution in [0.25, 0.3) is 34.0 Å². The number of benzene rings is 2. The van der Waals surface area contributed by atoms with Gasteiger partial charge in [-0.1, -0.05) is 24.2 Å². The summed E-state index contributed by atoms with van der Waals surface area (Å²) in [4.78, 5) is 4.35. The third-order valence-corrected chi connectivity index (χ3v) is 4.16. The van der Waals surface area contributed by atoms with E-state index < -0.39 is 5.82 Å². The van der Waals surface area contributed by atoms with E-state index in [4.69, 9.17) is 13.7 Å². The van der Waals surface area contributed by atoms with Crippen LogP contribution in [0.15, 0.2) is 57.5 Å². The maximum absolute atomic E-state index is 13.8. The number of para-hydroxylation sites is 1. The molecular formula is C20H17FN2O3. The SMILES string of the molecule is CCC(C)Oc1ccc(-c2noc(-c3cc4cccc(F)c4o3)n2)cc1. The molecule has 4 aromatic rings. The van der Waals surface area contributed by atoms with E-state index in [2.05, 4.69) is 17.1 Å². The Morgan fingerprint density at radius 2 is 1.96 bits per heavy atom. The van der Waals surface area contributed by atoms with Gasteiger partial charge >= 0.3 is 0 Å². The number of hydrogen-bond donors (Lipinski definition) is 0. The first-order valence-electron chi connectivity index (χ1n) is 8.43. The van der Waals surface area contributed by atoms with Crippen LogP contribution in [0.1, 0.15) is 20.3 Å². The van der Waals surface area contributed by atoms with E-state index in [1.807, 2.05) is 31.2 Å². The van der Waals surface area contributed by atoms with Crippen molar-refractivity contribution in [1.29, 1.82) is 0 Å². The van der Waals surface area contributed by atoms with Crippen LogP contribution >= 0.6 is 0 Å². The lowest BCUT2D eigenvalue weighted by Gasteiger charge is -2.12. The van der Waals surface area contributed by atoms with Gasteiger partial charge in [-0.05, 0) is 49.7 Å². The second kappa shape index (κ2) is 6.63. The van der Waals surface area contributed by atoms with Crippen LogP contribution in [0.2, 0.25) is 0 Å². The highest BCUT2D eigenvalue weighted by Gasteiger charge is 2.16. The minimum Gasteiger partial charge on any atom is -0.491 e. The van der Waals surface area contributed by atoms with Gasteiger partial charge < -0.3 is 13.7 Å². The predicted octanol–water partition coefficient (Wildman–Crippen LogP) is 5.47. The summed E-state index contributed by atoms with van der Waals surface area (Å²) < 4.78 is 30.3. The smallest absolute Gasteiger partial charge is 0.293 e. The quantitative estimate of drug-likeness (QED) is 0.477. The van der Waals surface area contributed by atoms with Gasteiger partial charge in [0, 0.05) is 10.9 Å². The van der Waals surface area contributed by atoms with E-state index in [9.17, 15) is 4.39 Å². The van der Waals surface area contributed by atoms with Crippen LogP contribution in [-0.2, 0) is 0 Å². The highest BCUT2D eigenvalue weighted by molar-refractivity contribution is 5.82. The lowest BCUT2D eigenvalue weighted by atomic mass is 10.2.